The molecule has 1 aliphatic rings. The number of nitrogens with one attached hydrogen (secondary N) is 2. The summed E-state index contributed by atoms with van der Waals surface area (Å²) in [4.78, 5) is 15.2. The second-order valence-electron chi connectivity index (χ2n) is 2.88. The van der Waals surface area contributed by atoms with Crippen molar-refractivity contribution < 1.29 is 9.53 Å². The van der Waals surface area contributed by atoms with Crippen molar-refractivity contribution in [3.05, 3.63) is 5.82 Å². The predicted octanol–water partition coefficient (Wildman–Crippen LogP) is -0.159. The number of ether oxygens (including phenoxy) is 1. The lowest BCUT2D eigenvalue weighted by Crippen LogP contribution is -2.39. The summed E-state index contributed by atoms with van der Waals surface area (Å²) >= 11 is 0. The third kappa shape index (κ3) is 1.67. The van der Waals surface area contributed by atoms with Crippen molar-refractivity contribution in [2.24, 2.45) is 0 Å². The number of anilines is 1. The molecular formula is C7H10N4O2. The molecule has 0 aromatic carbocycles. The van der Waals surface area contributed by atoms with Crippen LogP contribution in [0.15, 0.2) is 0 Å². The van der Waals surface area contributed by atoms with Crippen LogP contribution in [0.2, 0.25) is 0 Å². The maximum atomic E-state index is 11.3. The third-order valence-electron chi connectivity index (χ3n) is 1.82. The summed E-state index contributed by atoms with van der Waals surface area (Å²) in [5, 5.41) is 8.95. The van der Waals surface area contributed by atoms with E-state index in [1.807, 2.05) is 0 Å². The van der Waals surface area contributed by atoms with Crippen LogP contribution in [0.5, 0.6) is 0 Å². The lowest BCUT2D eigenvalue weighted by molar-refractivity contribution is -0.139. The van der Waals surface area contributed by atoms with Gasteiger partial charge in [0.15, 0.2) is 0 Å². The number of aromatic nitrogens is 3. The van der Waals surface area contributed by atoms with Crippen LogP contribution in [-0.4, -0.2) is 33.8 Å². The largest absolute Gasteiger partial charge is 0.368 e. The Hall–Kier alpha value is -1.43. The first-order valence-electron chi connectivity index (χ1n) is 4.07. The Balaban J connectivity index is 1.93. The van der Waals surface area contributed by atoms with Crippen molar-refractivity contribution in [3.8, 4) is 0 Å². The van der Waals surface area contributed by atoms with Gasteiger partial charge >= 0.3 is 0 Å². The summed E-state index contributed by atoms with van der Waals surface area (Å²) in [6.07, 6.45) is 0.453. The number of carbonyl (C=O) groups excluding carboxylic acids is 1. The first-order chi connectivity index (χ1) is 6.25. The van der Waals surface area contributed by atoms with Gasteiger partial charge in [-0.15, -0.1) is 5.10 Å². The van der Waals surface area contributed by atoms with Gasteiger partial charge in [-0.2, -0.15) is 4.98 Å². The molecular weight excluding hydrogens is 172 g/mol. The number of aromatic amines is 1. The molecule has 1 aliphatic heterocycles. The van der Waals surface area contributed by atoms with Gasteiger partial charge in [-0.05, 0) is 6.92 Å². The molecule has 0 aliphatic carbocycles. The van der Waals surface area contributed by atoms with Crippen LogP contribution in [0.3, 0.4) is 0 Å². The average Bonchev–Trinajstić information content (AvgIpc) is 2.31. The van der Waals surface area contributed by atoms with Crippen LogP contribution >= 0.6 is 0 Å². The normalized spacial score (nSPS) is 20.8. The molecule has 2 N–H and O–H groups in total. The quantitative estimate of drug-likeness (QED) is 0.666. The van der Waals surface area contributed by atoms with E-state index in [1.165, 1.54) is 0 Å². The molecule has 0 saturated carbocycles. The highest BCUT2D eigenvalue weighted by Gasteiger charge is 2.26. The second-order valence-corrected chi connectivity index (χ2v) is 2.88. The number of H-pyrrole nitrogens is 1. The summed E-state index contributed by atoms with van der Waals surface area (Å²) in [6.45, 7) is 2.42. The second kappa shape index (κ2) is 3.14. The monoisotopic (exact) mass is 182 g/mol. The van der Waals surface area contributed by atoms with E-state index in [2.05, 4.69) is 20.5 Å². The number of nitrogens with zero attached hydrogens (tertiary/aromatic N) is 2. The molecule has 70 valence electrons. The highest BCUT2D eigenvalue weighted by molar-refractivity contribution is 5.93. The Morgan fingerprint density at radius 2 is 2.54 bits per heavy atom. The minimum absolute atomic E-state index is 0.176. The molecule has 0 spiro atoms. The zero-order chi connectivity index (χ0) is 9.26. The molecule has 0 radical (unpaired) electrons. The Morgan fingerprint density at radius 1 is 1.77 bits per heavy atom. The van der Waals surface area contributed by atoms with E-state index in [0.717, 1.165) is 6.42 Å². The molecule has 0 bridgehead atoms. The fraction of sp³-hybridized carbons (Fsp3) is 0.571. The first-order valence-corrected chi connectivity index (χ1v) is 4.07. The zero-order valence-corrected chi connectivity index (χ0v) is 7.20. The van der Waals surface area contributed by atoms with Crippen LogP contribution in [0.25, 0.3) is 0 Å². The van der Waals surface area contributed by atoms with E-state index < -0.39 is 0 Å². The van der Waals surface area contributed by atoms with Crippen molar-refractivity contribution in [1.82, 2.24) is 15.2 Å². The highest BCUT2D eigenvalue weighted by atomic mass is 16.5. The Morgan fingerprint density at radius 3 is 3.00 bits per heavy atom. The first kappa shape index (κ1) is 8.18. The number of hydrogen-bond donors (Lipinski definition) is 2. The van der Waals surface area contributed by atoms with Gasteiger partial charge in [0.2, 0.25) is 5.95 Å². The molecule has 6 nitrogen and oxygen atoms in total. The Kier molecular flexibility index (Phi) is 1.97. The van der Waals surface area contributed by atoms with Crippen molar-refractivity contribution in [2.45, 2.75) is 19.4 Å². The van der Waals surface area contributed by atoms with Crippen LogP contribution in [0, 0.1) is 6.92 Å². The summed E-state index contributed by atoms with van der Waals surface area (Å²) in [6, 6.07) is 0. The van der Waals surface area contributed by atoms with Gasteiger partial charge in [-0.1, -0.05) is 0 Å². The minimum atomic E-state index is -0.321. The van der Waals surface area contributed by atoms with Gasteiger partial charge < -0.3 is 4.74 Å². The topological polar surface area (TPSA) is 79.9 Å². The molecule has 1 fully saturated rings. The summed E-state index contributed by atoms with van der Waals surface area (Å²) in [7, 11) is 0. The predicted molar refractivity (Wildman–Crippen MR) is 44.1 cm³/mol. The number of carbonyl (C=O) groups is 1. The van der Waals surface area contributed by atoms with E-state index in [1.54, 1.807) is 6.92 Å². The number of rotatable bonds is 2. The van der Waals surface area contributed by atoms with Crippen molar-refractivity contribution >= 4 is 11.9 Å². The Bertz CT molecular complexity index is 318. The van der Waals surface area contributed by atoms with Gasteiger partial charge in [0.25, 0.3) is 5.91 Å². The standard InChI is InChI=1S/C7H10N4O2/c1-4-8-7(11-10-4)9-6(12)5-2-3-13-5/h5H,2-3H2,1H3,(H2,8,9,10,11,12). The molecule has 1 aromatic rings. The third-order valence-corrected chi connectivity index (χ3v) is 1.82. The van der Waals surface area contributed by atoms with Gasteiger partial charge in [0, 0.05) is 6.42 Å². The van der Waals surface area contributed by atoms with Crippen molar-refractivity contribution in [1.29, 1.82) is 0 Å². The van der Waals surface area contributed by atoms with Gasteiger partial charge in [0.05, 0.1) is 6.61 Å². The summed E-state index contributed by atoms with van der Waals surface area (Å²) < 4.78 is 4.99. The van der Waals surface area contributed by atoms with Crippen LogP contribution in [0.4, 0.5) is 5.95 Å². The van der Waals surface area contributed by atoms with Crippen molar-refractivity contribution in [3.63, 3.8) is 0 Å². The zero-order valence-electron chi connectivity index (χ0n) is 7.20. The maximum Gasteiger partial charge on any atom is 0.255 e. The van der Waals surface area contributed by atoms with Crippen LogP contribution in [0.1, 0.15) is 12.2 Å². The maximum absolute atomic E-state index is 11.3. The lowest BCUT2D eigenvalue weighted by Gasteiger charge is -2.24. The lowest BCUT2D eigenvalue weighted by atomic mass is 10.2. The number of hydrogen-bond acceptors (Lipinski definition) is 4. The van der Waals surface area contributed by atoms with E-state index in [4.69, 9.17) is 4.74 Å². The molecule has 1 unspecified atom stereocenters. The number of aryl methyl sites for hydroxylation is 1. The molecule has 1 saturated heterocycles. The van der Waals surface area contributed by atoms with Crippen LogP contribution < -0.4 is 5.32 Å². The molecule has 1 atom stereocenters. The Labute approximate surface area is 74.7 Å². The van der Waals surface area contributed by atoms with Gasteiger partial charge in [0.1, 0.15) is 11.9 Å². The molecule has 13 heavy (non-hydrogen) atoms. The van der Waals surface area contributed by atoms with Gasteiger partial charge in [-0.3, -0.25) is 15.2 Å². The summed E-state index contributed by atoms with van der Waals surface area (Å²) in [5.41, 5.74) is 0. The fourth-order valence-electron chi connectivity index (χ4n) is 1.03. The average molecular weight is 182 g/mol. The fourth-order valence-corrected chi connectivity index (χ4v) is 1.03. The molecule has 1 aromatic heterocycles. The summed E-state index contributed by atoms with van der Waals surface area (Å²) in [5.74, 6) is 0.799. The molecule has 1 amide bonds. The van der Waals surface area contributed by atoms with Crippen molar-refractivity contribution in [2.75, 3.05) is 11.9 Å². The smallest absolute Gasteiger partial charge is 0.255 e. The van der Waals surface area contributed by atoms with E-state index in [-0.39, 0.29) is 12.0 Å². The van der Waals surface area contributed by atoms with Gasteiger partial charge in [-0.25, -0.2) is 0 Å². The number of amides is 1. The molecule has 2 heterocycles. The van der Waals surface area contributed by atoms with Crippen LogP contribution in [-0.2, 0) is 9.53 Å². The SMILES string of the molecule is Cc1nc(NC(=O)C2CCO2)n[nH]1. The molecule has 2 rings (SSSR count). The highest BCUT2D eigenvalue weighted by Crippen LogP contribution is 2.12. The van der Waals surface area contributed by atoms with E-state index >= 15 is 0 Å². The minimum Gasteiger partial charge on any atom is -0.368 e. The van der Waals surface area contributed by atoms with E-state index in [0.29, 0.717) is 18.4 Å². The molecule has 6 heteroatoms. The van der Waals surface area contributed by atoms with E-state index in [9.17, 15) is 4.79 Å².